The average Bonchev–Trinajstić information content (AvgIpc) is 3.16. The van der Waals surface area contributed by atoms with Gasteiger partial charge < -0.3 is 24.4 Å². The minimum atomic E-state index is -4.79. The molecular formula is C47H85O9P. The topological polar surface area (TPSA) is 140 Å². The molecule has 10 heteroatoms. The monoisotopic (exact) mass is 825 g/mol. The minimum Gasteiger partial charge on any atom is -0.462 e. The number of rotatable bonds is 41. The Balaban J connectivity index is 4.00. The van der Waals surface area contributed by atoms with Crippen molar-refractivity contribution >= 4 is 19.8 Å². The molecule has 0 rings (SSSR count). The number of ether oxygens (including phenoxy) is 2. The fourth-order valence-corrected chi connectivity index (χ4v) is 6.76. The summed E-state index contributed by atoms with van der Waals surface area (Å²) in [5.41, 5.74) is 0. The molecule has 0 heterocycles. The van der Waals surface area contributed by atoms with E-state index in [9.17, 15) is 19.3 Å². The number of carbonyl (C=O) groups is 2. The number of hydrogen-bond acceptors (Lipinski definition) is 7. The van der Waals surface area contributed by atoms with Crippen molar-refractivity contribution < 1.29 is 43.0 Å². The van der Waals surface area contributed by atoms with E-state index in [0.29, 0.717) is 25.7 Å². The first-order chi connectivity index (χ1) is 27.5. The van der Waals surface area contributed by atoms with Crippen LogP contribution in [0.1, 0.15) is 207 Å². The number of hydrogen-bond donors (Lipinski definition) is 3. The zero-order chi connectivity index (χ0) is 42.1. The van der Waals surface area contributed by atoms with Gasteiger partial charge in [-0.15, -0.1) is 0 Å². The maximum absolute atomic E-state index is 12.4. The third kappa shape index (κ3) is 44.9. The molecule has 0 radical (unpaired) electrons. The number of carbonyl (C=O) groups excluding carboxylic acids is 2. The lowest BCUT2D eigenvalue weighted by Gasteiger charge is -2.18. The third-order valence-electron chi connectivity index (χ3n) is 9.86. The Kier molecular flexibility index (Phi) is 39.3. The SMILES string of the molecule is CCCCC/C=C\C/C=C\CC(O)/C=C\C=C\CCCC(=O)OC[C@H](COP(=O)(O)O)OC(=O)CCCCCCCCCCCCCCCCCCCCC(C)C. The lowest BCUT2D eigenvalue weighted by atomic mass is 10.0. The van der Waals surface area contributed by atoms with E-state index in [2.05, 4.69) is 43.5 Å². The van der Waals surface area contributed by atoms with E-state index >= 15 is 0 Å². The molecule has 0 aliphatic heterocycles. The van der Waals surface area contributed by atoms with Crippen molar-refractivity contribution in [2.75, 3.05) is 13.2 Å². The van der Waals surface area contributed by atoms with Gasteiger partial charge in [0, 0.05) is 12.8 Å². The summed E-state index contributed by atoms with van der Waals surface area (Å²) in [4.78, 5) is 42.9. The van der Waals surface area contributed by atoms with E-state index < -0.39 is 38.6 Å². The van der Waals surface area contributed by atoms with Gasteiger partial charge in [-0.2, -0.15) is 0 Å². The molecule has 0 aliphatic carbocycles. The first-order valence-electron chi connectivity index (χ1n) is 22.9. The molecule has 0 aliphatic rings. The molecule has 0 amide bonds. The van der Waals surface area contributed by atoms with Crippen molar-refractivity contribution in [3.63, 3.8) is 0 Å². The second-order valence-electron chi connectivity index (χ2n) is 16.1. The van der Waals surface area contributed by atoms with E-state index in [1.54, 1.807) is 12.2 Å². The van der Waals surface area contributed by atoms with Gasteiger partial charge in [-0.1, -0.05) is 198 Å². The molecule has 0 aromatic carbocycles. The molecule has 0 aromatic heterocycles. The molecule has 1 unspecified atom stereocenters. The maximum Gasteiger partial charge on any atom is 0.469 e. The molecule has 0 saturated carbocycles. The van der Waals surface area contributed by atoms with Crippen LogP contribution in [0.3, 0.4) is 0 Å². The van der Waals surface area contributed by atoms with Gasteiger partial charge in [-0.3, -0.25) is 14.1 Å². The summed E-state index contributed by atoms with van der Waals surface area (Å²) in [5, 5.41) is 10.1. The van der Waals surface area contributed by atoms with Crippen molar-refractivity contribution in [3.8, 4) is 0 Å². The van der Waals surface area contributed by atoms with E-state index in [1.807, 2.05) is 18.2 Å². The molecule has 57 heavy (non-hydrogen) atoms. The first kappa shape index (κ1) is 55.0. The third-order valence-corrected chi connectivity index (χ3v) is 10.3. The Labute approximate surface area is 348 Å². The van der Waals surface area contributed by atoms with E-state index in [0.717, 1.165) is 38.0 Å². The Morgan fingerprint density at radius 2 is 1.12 bits per heavy atom. The van der Waals surface area contributed by atoms with E-state index in [4.69, 9.17) is 19.3 Å². The van der Waals surface area contributed by atoms with Crippen molar-refractivity contribution in [1.29, 1.82) is 0 Å². The molecule has 2 atom stereocenters. The van der Waals surface area contributed by atoms with E-state index in [-0.39, 0.29) is 19.4 Å². The van der Waals surface area contributed by atoms with Crippen molar-refractivity contribution in [2.24, 2.45) is 5.92 Å². The van der Waals surface area contributed by atoms with Crippen LogP contribution in [0.4, 0.5) is 0 Å². The average molecular weight is 825 g/mol. The summed E-state index contributed by atoms with van der Waals surface area (Å²) in [7, 11) is -4.79. The van der Waals surface area contributed by atoms with Gasteiger partial charge in [-0.05, 0) is 50.9 Å². The van der Waals surface area contributed by atoms with Crippen LogP contribution < -0.4 is 0 Å². The van der Waals surface area contributed by atoms with Crippen LogP contribution in [0.15, 0.2) is 48.6 Å². The second kappa shape index (κ2) is 40.7. The molecule has 0 saturated heterocycles. The molecule has 332 valence electrons. The first-order valence-corrected chi connectivity index (χ1v) is 24.4. The molecular weight excluding hydrogens is 739 g/mol. The van der Waals surface area contributed by atoms with Crippen LogP contribution in [0.5, 0.6) is 0 Å². The number of esters is 2. The van der Waals surface area contributed by atoms with Gasteiger partial charge in [0.1, 0.15) is 6.61 Å². The highest BCUT2D eigenvalue weighted by atomic mass is 31.2. The fourth-order valence-electron chi connectivity index (χ4n) is 6.40. The number of phosphoric ester groups is 1. The van der Waals surface area contributed by atoms with Gasteiger partial charge in [0.05, 0.1) is 12.7 Å². The smallest absolute Gasteiger partial charge is 0.462 e. The van der Waals surface area contributed by atoms with Gasteiger partial charge in [0.25, 0.3) is 0 Å². The highest BCUT2D eigenvalue weighted by molar-refractivity contribution is 7.46. The zero-order valence-electron chi connectivity index (χ0n) is 36.5. The number of phosphoric acid groups is 1. The Bertz CT molecular complexity index is 1090. The standard InChI is InChI=1S/C47H85O9P/c1-4-5-6-7-8-19-23-27-32-37-44(48)38-33-28-25-30-34-39-46(49)54-41-45(42-55-57(51,52)53)56-47(50)40-35-29-24-21-18-16-14-12-10-9-11-13-15-17-20-22-26-31-36-43(2)3/h8,19,25,27-28,32-33,38,43-45,48H,4-7,9-18,20-24,26,29-31,34-37,39-42H2,1-3H3,(H2,51,52,53)/b19-8-,28-25+,32-27-,38-33-/t44?,45-/m1/s1. The normalized spacial score (nSPS) is 13.5. The summed E-state index contributed by atoms with van der Waals surface area (Å²) in [6.07, 6.45) is 45.8. The number of allylic oxidation sites excluding steroid dienone is 6. The van der Waals surface area contributed by atoms with Crippen LogP contribution in [0, 0.1) is 5.92 Å². The van der Waals surface area contributed by atoms with Crippen LogP contribution in [-0.4, -0.2) is 52.3 Å². The lowest BCUT2D eigenvalue weighted by molar-refractivity contribution is -0.161. The van der Waals surface area contributed by atoms with Crippen LogP contribution >= 0.6 is 7.82 Å². The predicted octanol–water partition coefficient (Wildman–Crippen LogP) is 13.1. The molecule has 0 fully saturated rings. The van der Waals surface area contributed by atoms with Gasteiger partial charge in [0.15, 0.2) is 6.10 Å². The quantitative estimate of drug-likeness (QED) is 0.0181. The van der Waals surface area contributed by atoms with Crippen LogP contribution in [0.25, 0.3) is 0 Å². The number of aliphatic hydroxyl groups is 1. The van der Waals surface area contributed by atoms with Gasteiger partial charge in [-0.25, -0.2) is 4.57 Å². The van der Waals surface area contributed by atoms with Crippen LogP contribution in [0.2, 0.25) is 0 Å². The maximum atomic E-state index is 12.4. The Morgan fingerprint density at radius 3 is 1.68 bits per heavy atom. The number of unbranched alkanes of at least 4 members (excludes halogenated alkanes) is 21. The minimum absolute atomic E-state index is 0.132. The summed E-state index contributed by atoms with van der Waals surface area (Å²) < 4.78 is 26.4. The summed E-state index contributed by atoms with van der Waals surface area (Å²) >= 11 is 0. The summed E-state index contributed by atoms with van der Waals surface area (Å²) in [6.45, 7) is 5.90. The lowest BCUT2D eigenvalue weighted by Crippen LogP contribution is -2.29. The molecule has 0 aromatic rings. The fraction of sp³-hybridized carbons (Fsp3) is 0.787. The summed E-state index contributed by atoms with van der Waals surface area (Å²) in [5.74, 6) is -0.167. The number of aliphatic hydroxyl groups excluding tert-OH is 1. The molecule has 0 spiro atoms. The molecule has 0 bridgehead atoms. The molecule has 3 N–H and O–H groups in total. The largest absolute Gasteiger partial charge is 0.469 e. The highest BCUT2D eigenvalue weighted by Gasteiger charge is 2.22. The van der Waals surface area contributed by atoms with Crippen molar-refractivity contribution in [2.45, 2.75) is 219 Å². The predicted molar refractivity (Wildman–Crippen MR) is 236 cm³/mol. The molecule has 9 nitrogen and oxygen atoms in total. The zero-order valence-corrected chi connectivity index (χ0v) is 37.4. The van der Waals surface area contributed by atoms with Crippen molar-refractivity contribution in [3.05, 3.63) is 48.6 Å². The van der Waals surface area contributed by atoms with Gasteiger partial charge >= 0.3 is 19.8 Å². The van der Waals surface area contributed by atoms with Crippen molar-refractivity contribution in [1.82, 2.24) is 0 Å². The highest BCUT2D eigenvalue weighted by Crippen LogP contribution is 2.36. The van der Waals surface area contributed by atoms with Crippen LogP contribution in [-0.2, 0) is 28.2 Å². The van der Waals surface area contributed by atoms with Gasteiger partial charge in [0.2, 0.25) is 0 Å². The summed E-state index contributed by atoms with van der Waals surface area (Å²) in [6, 6.07) is 0. The Hall–Kier alpha value is -2.03. The Morgan fingerprint density at radius 1 is 0.596 bits per heavy atom. The van der Waals surface area contributed by atoms with E-state index in [1.165, 1.54) is 116 Å². The second-order valence-corrected chi connectivity index (χ2v) is 17.3.